The first-order valence-corrected chi connectivity index (χ1v) is 10.8. The molecule has 1 aliphatic carbocycles. The van der Waals surface area contributed by atoms with Crippen LogP contribution in [0.15, 0.2) is 52.2 Å². The maximum Gasteiger partial charge on any atom is 0.224 e. The van der Waals surface area contributed by atoms with E-state index in [1.807, 2.05) is 29.1 Å². The van der Waals surface area contributed by atoms with Gasteiger partial charge in [-0.3, -0.25) is 4.79 Å². The summed E-state index contributed by atoms with van der Waals surface area (Å²) >= 11 is 1.61. The van der Waals surface area contributed by atoms with Gasteiger partial charge in [-0.05, 0) is 53.6 Å². The Kier molecular flexibility index (Phi) is 7.25. The standard InChI is InChI=1S/C22H27N5OS/c1-24-21(26-16-23)27-19-7-10-22(11-8-19,18-5-3-2-4-6-18)15-25-20(28)13-17-9-12-29-14-17/h2-6,9,12,14,19H,7-8,10-11,13,15H2,1H3,(H,25,28)(H2,24,26,27)/t19-,22-. The summed E-state index contributed by atoms with van der Waals surface area (Å²) in [6, 6.07) is 12.7. The summed E-state index contributed by atoms with van der Waals surface area (Å²) in [7, 11) is 1.75. The number of amides is 1. The van der Waals surface area contributed by atoms with Crippen LogP contribution >= 0.6 is 11.3 Å². The molecule has 0 saturated heterocycles. The lowest BCUT2D eigenvalue weighted by molar-refractivity contribution is -0.120. The van der Waals surface area contributed by atoms with Gasteiger partial charge in [0.25, 0.3) is 0 Å². The number of thiophene rings is 1. The number of carbonyl (C=O) groups is 1. The number of guanidine groups is 1. The fourth-order valence-corrected chi connectivity index (χ4v) is 4.66. The Morgan fingerprint density at radius 1 is 1.28 bits per heavy atom. The third-order valence-corrected chi connectivity index (χ3v) is 6.37. The van der Waals surface area contributed by atoms with Gasteiger partial charge in [-0.2, -0.15) is 16.6 Å². The van der Waals surface area contributed by atoms with Crippen molar-refractivity contribution in [3.05, 3.63) is 58.3 Å². The van der Waals surface area contributed by atoms with Crippen LogP contribution in [0.1, 0.15) is 36.8 Å². The van der Waals surface area contributed by atoms with Crippen LogP contribution in [-0.4, -0.2) is 31.5 Å². The third kappa shape index (κ3) is 5.58. The molecule has 1 heterocycles. The first-order valence-electron chi connectivity index (χ1n) is 9.89. The van der Waals surface area contributed by atoms with Gasteiger partial charge in [0.05, 0.1) is 6.42 Å². The molecule has 1 fully saturated rings. The molecule has 0 aliphatic heterocycles. The van der Waals surface area contributed by atoms with Crippen LogP contribution < -0.4 is 16.0 Å². The molecule has 0 radical (unpaired) electrons. The van der Waals surface area contributed by atoms with Crippen molar-refractivity contribution in [1.82, 2.24) is 16.0 Å². The van der Waals surface area contributed by atoms with Crippen molar-refractivity contribution in [2.45, 2.75) is 43.6 Å². The van der Waals surface area contributed by atoms with Crippen LogP contribution in [0.5, 0.6) is 0 Å². The average Bonchev–Trinajstić information content (AvgIpc) is 3.26. The molecule has 1 amide bonds. The Bertz CT molecular complexity index is 849. The summed E-state index contributed by atoms with van der Waals surface area (Å²) < 4.78 is 0. The molecule has 0 atom stereocenters. The highest BCUT2D eigenvalue weighted by Crippen LogP contribution is 2.39. The summed E-state index contributed by atoms with van der Waals surface area (Å²) in [5.41, 5.74) is 2.26. The molecular weight excluding hydrogens is 382 g/mol. The van der Waals surface area contributed by atoms with Gasteiger partial charge >= 0.3 is 0 Å². The van der Waals surface area contributed by atoms with Crippen molar-refractivity contribution in [2.24, 2.45) is 4.99 Å². The van der Waals surface area contributed by atoms with Gasteiger partial charge in [-0.1, -0.05) is 30.3 Å². The van der Waals surface area contributed by atoms with E-state index in [-0.39, 0.29) is 17.4 Å². The second-order valence-corrected chi connectivity index (χ2v) is 8.24. The number of nitrogens with zero attached hydrogens (tertiary/aromatic N) is 2. The minimum Gasteiger partial charge on any atom is -0.359 e. The van der Waals surface area contributed by atoms with Gasteiger partial charge in [0, 0.05) is 25.0 Å². The molecule has 0 unspecified atom stereocenters. The van der Waals surface area contributed by atoms with E-state index >= 15 is 0 Å². The summed E-state index contributed by atoms with van der Waals surface area (Å²) in [5, 5.41) is 22.2. The van der Waals surface area contributed by atoms with Gasteiger partial charge in [0.1, 0.15) is 0 Å². The quantitative estimate of drug-likeness (QED) is 0.389. The van der Waals surface area contributed by atoms with Crippen LogP contribution in [0.4, 0.5) is 0 Å². The highest BCUT2D eigenvalue weighted by Gasteiger charge is 2.37. The second kappa shape index (κ2) is 10.1. The molecule has 1 aliphatic rings. The molecule has 3 N–H and O–H groups in total. The smallest absolute Gasteiger partial charge is 0.224 e. The largest absolute Gasteiger partial charge is 0.359 e. The topological polar surface area (TPSA) is 89.3 Å². The van der Waals surface area contributed by atoms with Gasteiger partial charge < -0.3 is 16.0 Å². The van der Waals surface area contributed by atoms with Crippen molar-refractivity contribution in [2.75, 3.05) is 13.6 Å². The lowest BCUT2D eigenvalue weighted by atomic mass is 9.68. The summed E-state index contributed by atoms with van der Waals surface area (Å²) in [5.74, 6) is 0.575. The maximum atomic E-state index is 12.5. The Morgan fingerprint density at radius 2 is 2.03 bits per heavy atom. The second-order valence-electron chi connectivity index (χ2n) is 7.46. The predicted molar refractivity (Wildman–Crippen MR) is 117 cm³/mol. The fourth-order valence-electron chi connectivity index (χ4n) is 3.99. The number of hydrogen-bond acceptors (Lipinski definition) is 4. The molecule has 1 saturated carbocycles. The van der Waals surface area contributed by atoms with Crippen molar-refractivity contribution in [3.8, 4) is 6.19 Å². The van der Waals surface area contributed by atoms with E-state index in [0.717, 1.165) is 31.2 Å². The monoisotopic (exact) mass is 409 g/mol. The molecule has 7 heteroatoms. The Hall–Kier alpha value is -2.85. The number of carbonyl (C=O) groups excluding carboxylic acids is 1. The van der Waals surface area contributed by atoms with Crippen LogP contribution in [0.2, 0.25) is 0 Å². The summed E-state index contributed by atoms with van der Waals surface area (Å²) in [6.45, 7) is 0.637. The number of aliphatic imine (C=N–C) groups is 1. The fraction of sp³-hybridized carbons (Fsp3) is 0.409. The van der Waals surface area contributed by atoms with E-state index in [4.69, 9.17) is 5.26 Å². The van der Waals surface area contributed by atoms with E-state index in [9.17, 15) is 4.79 Å². The Labute approximate surface area is 176 Å². The number of benzene rings is 1. The maximum absolute atomic E-state index is 12.5. The number of rotatable bonds is 6. The lowest BCUT2D eigenvalue weighted by Crippen LogP contribution is -2.49. The lowest BCUT2D eigenvalue weighted by Gasteiger charge is -2.41. The van der Waals surface area contributed by atoms with Crippen molar-refractivity contribution in [3.63, 3.8) is 0 Å². The van der Waals surface area contributed by atoms with E-state index < -0.39 is 0 Å². The Balaban J connectivity index is 1.66. The van der Waals surface area contributed by atoms with Crippen LogP contribution in [0.3, 0.4) is 0 Å². The predicted octanol–water partition coefficient (Wildman–Crippen LogP) is 2.93. The van der Waals surface area contributed by atoms with E-state index in [2.05, 4.69) is 45.2 Å². The van der Waals surface area contributed by atoms with E-state index in [0.29, 0.717) is 18.9 Å². The number of nitriles is 1. The molecule has 0 bridgehead atoms. The zero-order valence-electron chi connectivity index (χ0n) is 16.6. The molecule has 1 aromatic heterocycles. The van der Waals surface area contributed by atoms with Crippen LogP contribution in [0.25, 0.3) is 0 Å². The zero-order valence-corrected chi connectivity index (χ0v) is 17.5. The first kappa shape index (κ1) is 20.9. The molecule has 3 rings (SSSR count). The highest BCUT2D eigenvalue weighted by molar-refractivity contribution is 7.08. The first-order chi connectivity index (χ1) is 14.1. The summed E-state index contributed by atoms with van der Waals surface area (Å²) in [4.78, 5) is 16.2. The minimum atomic E-state index is -0.0735. The molecular formula is C22H27N5OS. The number of hydrogen-bond donors (Lipinski definition) is 3. The zero-order chi connectivity index (χ0) is 20.5. The molecule has 152 valence electrons. The minimum absolute atomic E-state index is 0.0672. The van der Waals surface area contributed by atoms with Crippen LogP contribution in [-0.2, 0) is 16.6 Å². The van der Waals surface area contributed by atoms with Crippen molar-refractivity contribution in [1.29, 1.82) is 5.26 Å². The van der Waals surface area contributed by atoms with E-state index in [1.165, 1.54) is 5.56 Å². The molecule has 29 heavy (non-hydrogen) atoms. The average molecular weight is 410 g/mol. The SMILES string of the molecule is CN/C(=N\C#N)N[C@H]1CC[C@](CNC(=O)Cc2ccsc2)(c2ccccc2)CC1. The van der Waals surface area contributed by atoms with Gasteiger partial charge in [0.2, 0.25) is 18.1 Å². The molecule has 1 aromatic carbocycles. The van der Waals surface area contributed by atoms with Gasteiger partial charge in [0.15, 0.2) is 0 Å². The van der Waals surface area contributed by atoms with E-state index in [1.54, 1.807) is 18.4 Å². The van der Waals surface area contributed by atoms with Gasteiger partial charge in [-0.15, -0.1) is 4.99 Å². The van der Waals surface area contributed by atoms with Crippen molar-refractivity contribution >= 4 is 23.2 Å². The summed E-state index contributed by atoms with van der Waals surface area (Å²) in [6.07, 6.45) is 6.04. The molecule has 0 spiro atoms. The van der Waals surface area contributed by atoms with Crippen molar-refractivity contribution < 1.29 is 4.79 Å². The Morgan fingerprint density at radius 3 is 2.66 bits per heavy atom. The number of nitrogens with one attached hydrogen (secondary N) is 3. The van der Waals surface area contributed by atoms with Crippen LogP contribution in [0, 0.1) is 11.5 Å². The third-order valence-electron chi connectivity index (χ3n) is 5.64. The molecule has 6 nitrogen and oxygen atoms in total. The highest BCUT2D eigenvalue weighted by atomic mass is 32.1. The normalized spacial score (nSPS) is 21.8. The van der Waals surface area contributed by atoms with Gasteiger partial charge in [-0.25, -0.2) is 0 Å². The molecule has 2 aromatic rings.